The number of amides is 1. The van der Waals surface area contributed by atoms with Gasteiger partial charge in [-0.25, -0.2) is 0 Å². The molecule has 1 aliphatic rings. The molecular weight excluding hydrogens is 358 g/mol. The quantitative estimate of drug-likeness (QED) is 0.357. The molecule has 1 aromatic heterocycles. The summed E-state index contributed by atoms with van der Waals surface area (Å²) in [7, 11) is 1.51. The second-order valence-electron chi connectivity index (χ2n) is 6.48. The molecule has 4 N–H and O–H groups in total. The first-order chi connectivity index (χ1) is 13.6. The van der Waals surface area contributed by atoms with E-state index in [1.54, 1.807) is 30.5 Å². The third-order valence-electron chi connectivity index (χ3n) is 4.68. The molecule has 1 saturated heterocycles. The molecule has 2 aromatic rings. The van der Waals surface area contributed by atoms with Gasteiger partial charge in [0.05, 0.1) is 18.8 Å². The van der Waals surface area contributed by atoms with E-state index in [4.69, 9.17) is 20.7 Å². The van der Waals surface area contributed by atoms with E-state index in [0.717, 1.165) is 32.8 Å². The number of carbonyl (C=O) groups excluding carboxylic acids is 1. The lowest BCUT2D eigenvalue weighted by molar-refractivity contribution is -0.886. The zero-order valence-electron chi connectivity index (χ0n) is 16.0. The fraction of sp³-hybridized carbons (Fsp3) is 0.350. The Hall–Kier alpha value is -2.97. The molecule has 8 nitrogen and oxygen atoms in total. The average molecular weight is 384 g/mol. The molecule has 0 aliphatic carbocycles. The van der Waals surface area contributed by atoms with E-state index in [0.29, 0.717) is 29.1 Å². The van der Waals surface area contributed by atoms with Crippen molar-refractivity contribution in [1.29, 1.82) is 5.41 Å². The molecule has 0 radical (unpaired) electrons. The van der Waals surface area contributed by atoms with Crippen molar-refractivity contribution in [3.8, 4) is 0 Å². The molecule has 1 amide bonds. The summed E-state index contributed by atoms with van der Waals surface area (Å²) >= 11 is 0. The van der Waals surface area contributed by atoms with Gasteiger partial charge >= 0.3 is 0 Å². The number of hydrogen-bond donors (Lipinski definition) is 3. The van der Waals surface area contributed by atoms with E-state index in [1.807, 2.05) is 12.1 Å². The Morgan fingerprint density at radius 2 is 2.07 bits per heavy atom. The van der Waals surface area contributed by atoms with Crippen molar-refractivity contribution in [3.05, 3.63) is 59.4 Å². The van der Waals surface area contributed by atoms with Crippen LogP contribution in [0.3, 0.4) is 0 Å². The van der Waals surface area contributed by atoms with Crippen LogP contribution in [0.2, 0.25) is 0 Å². The highest BCUT2D eigenvalue weighted by molar-refractivity contribution is 6.12. The van der Waals surface area contributed by atoms with E-state index in [2.05, 4.69) is 10.2 Å². The van der Waals surface area contributed by atoms with Crippen molar-refractivity contribution in [2.75, 3.05) is 52.2 Å². The second-order valence-corrected chi connectivity index (χ2v) is 6.48. The fourth-order valence-electron chi connectivity index (χ4n) is 3.09. The van der Waals surface area contributed by atoms with Crippen LogP contribution in [0.15, 0.2) is 42.6 Å². The van der Waals surface area contributed by atoms with Crippen molar-refractivity contribution in [1.82, 2.24) is 10.2 Å². The van der Waals surface area contributed by atoms with Gasteiger partial charge in [-0.2, -0.15) is 0 Å². The first kappa shape index (κ1) is 19.8. The van der Waals surface area contributed by atoms with Gasteiger partial charge < -0.3 is 15.8 Å². The minimum Gasteiger partial charge on any atom is -0.398 e. The molecule has 28 heavy (non-hydrogen) atoms. The van der Waals surface area contributed by atoms with Crippen molar-refractivity contribution in [3.63, 3.8) is 0 Å². The standard InChI is InChI=1S/C20H25N5O3/c1-27-25-8-6-15(20(26)23-7-9-24-10-12-28-13-11-24)14-18(25)19(22)16-4-2-3-5-17(16)21/h2-6,8,14H,7,9-13H2,1H3,(H3-,21,22,23,26)/p+1. The molecule has 1 aliphatic heterocycles. The largest absolute Gasteiger partial charge is 0.398 e. The highest BCUT2D eigenvalue weighted by Gasteiger charge is 2.23. The second kappa shape index (κ2) is 9.29. The lowest BCUT2D eigenvalue weighted by atomic mass is 10.0. The smallest absolute Gasteiger partial charge is 0.283 e. The van der Waals surface area contributed by atoms with Gasteiger partial charge in [0, 0.05) is 54.3 Å². The van der Waals surface area contributed by atoms with Crippen LogP contribution in [0.4, 0.5) is 5.69 Å². The van der Waals surface area contributed by atoms with Crippen molar-refractivity contribution >= 4 is 17.3 Å². The van der Waals surface area contributed by atoms with Crippen LogP contribution >= 0.6 is 0 Å². The van der Waals surface area contributed by atoms with Crippen molar-refractivity contribution in [2.45, 2.75) is 0 Å². The molecule has 3 rings (SSSR count). The Morgan fingerprint density at radius 3 is 2.79 bits per heavy atom. The minimum absolute atomic E-state index is 0.183. The van der Waals surface area contributed by atoms with Crippen molar-refractivity contribution < 1.29 is 19.1 Å². The first-order valence-electron chi connectivity index (χ1n) is 9.22. The Kier molecular flexibility index (Phi) is 6.57. The Bertz CT molecular complexity index is 849. The van der Waals surface area contributed by atoms with Gasteiger partial charge in [-0.1, -0.05) is 18.2 Å². The average Bonchev–Trinajstić information content (AvgIpc) is 2.74. The highest BCUT2D eigenvalue weighted by atomic mass is 16.6. The van der Waals surface area contributed by atoms with Gasteiger partial charge in [0.1, 0.15) is 12.8 Å². The number of nitrogens with zero attached hydrogens (tertiary/aromatic N) is 2. The number of anilines is 1. The monoisotopic (exact) mass is 384 g/mol. The van der Waals surface area contributed by atoms with E-state index >= 15 is 0 Å². The number of aromatic nitrogens is 1. The van der Waals surface area contributed by atoms with Crippen LogP contribution in [0.1, 0.15) is 21.6 Å². The van der Waals surface area contributed by atoms with Crippen LogP contribution in [0.5, 0.6) is 0 Å². The number of benzene rings is 1. The summed E-state index contributed by atoms with van der Waals surface area (Å²) in [6.45, 7) is 4.57. The van der Waals surface area contributed by atoms with Gasteiger partial charge in [-0.3, -0.25) is 19.9 Å². The summed E-state index contributed by atoms with van der Waals surface area (Å²) < 4.78 is 6.77. The molecule has 0 atom stereocenters. The number of nitrogens with one attached hydrogen (secondary N) is 2. The molecule has 1 aromatic carbocycles. The Balaban J connectivity index is 1.72. The summed E-state index contributed by atoms with van der Waals surface area (Å²) in [5, 5.41) is 11.5. The van der Waals surface area contributed by atoms with Crippen LogP contribution in [-0.4, -0.2) is 63.0 Å². The first-order valence-corrected chi connectivity index (χ1v) is 9.22. The van der Waals surface area contributed by atoms with Crippen LogP contribution in [-0.2, 0) is 4.74 Å². The fourth-order valence-corrected chi connectivity index (χ4v) is 3.09. The normalized spacial score (nSPS) is 14.5. The van der Waals surface area contributed by atoms with E-state index < -0.39 is 0 Å². The number of ether oxygens (including phenoxy) is 1. The SMILES string of the molecule is CO[n+]1ccc(C(=O)NCCN2CCOCC2)cc1C(=N)c1ccccc1N. The van der Waals surface area contributed by atoms with E-state index in [1.165, 1.54) is 11.8 Å². The summed E-state index contributed by atoms with van der Waals surface area (Å²) in [5.74, 6) is -0.188. The Labute approximate surface area is 164 Å². The molecule has 2 heterocycles. The zero-order valence-corrected chi connectivity index (χ0v) is 16.0. The molecule has 8 heteroatoms. The zero-order chi connectivity index (χ0) is 19.9. The summed E-state index contributed by atoms with van der Waals surface area (Å²) in [4.78, 5) is 20.1. The summed E-state index contributed by atoms with van der Waals surface area (Å²) in [5.41, 5.74) is 8.17. The number of carbonyl (C=O) groups is 1. The van der Waals surface area contributed by atoms with Crippen molar-refractivity contribution in [2.24, 2.45) is 0 Å². The number of rotatable bonds is 7. The van der Waals surface area contributed by atoms with Gasteiger partial charge in [0.2, 0.25) is 6.20 Å². The van der Waals surface area contributed by atoms with Gasteiger partial charge in [-0.15, -0.1) is 0 Å². The molecule has 148 valence electrons. The molecular formula is C20H26N5O3+. The van der Waals surface area contributed by atoms with E-state index in [9.17, 15) is 4.79 Å². The number of nitrogen functional groups attached to an aromatic ring is 1. The van der Waals surface area contributed by atoms with Gasteiger partial charge in [0.15, 0.2) is 0 Å². The molecule has 0 bridgehead atoms. The number of nitrogens with two attached hydrogens (primary N) is 1. The maximum atomic E-state index is 12.6. The topological polar surface area (TPSA) is 105 Å². The predicted octanol–water partition coefficient (Wildman–Crippen LogP) is 0.0929. The van der Waals surface area contributed by atoms with Gasteiger partial charge in [-0.05, 0) is 6.07 Å². The molecule has 0 spiro atoms. The highest BCUT2D eigenvalue weighted by Crippen LogP contribution is 2.15. The predicted molar refractivity (Wildman–Crippen MR) is 106 cm³/mol. The number of hydrogen-bond acceptors (Lipinski definition) is 6. The lowest BCUT2D eigenvalue weighted by Crippen LogP contribution is -2.46. The van der Waals surface area contributed by atoms with Crippen LogP contribution < -0.4 is 20.6 Å². The van der Waals surface area contributed by atoms with Gasteiger partial charge in [0.25, 0.3) is 11.6 Å². The number of morpholine rings is 1. The molecule has 0 unspecified atom stereocenters. The Morgan fingerprint density at radius 1 is 1.32 bits per heavy atom. The minimum atomic E-state index is -0.188. The molecule has 0 saturated carbocycles. The maximum absolute atomic E-state index is 12.6. The lowest BCUT2D eigenvalue weighted by Gasteiger charge is -2.26. The van der Waals surface area contributed by atoms with Crippen LogP contribution in [0, 0.1) is 5.41 Å². The molecule has 1 fully saturated rings. The number of pyridine rings is 1. The third-order valence-corrected chi connectivity index (χ3v) is 4.68. The van der Waals surface area contributed by atoms with E-state index in [-0.39, 0.29) is 11.6 Å². The maximum Gasteiger partial charge on any atom is 0.283 e. The number of para-hydroxylation sites is 1. The van der Waals surface area contributed by atoms with Crippen LogP contribution in [0.25, 0.3) is 0 Å². The third kappa shape index (κ3) is 4.65. The summed E-state index contributed by atoms with van der Waals surface area (Å²) in [6.07, 6.45) is 1.62. The summed E-state index contributed by atoms with van der Waals surface area (Å²) in [6, 6.07) is 10.4.